The van der Waals surface area contributed by atoms with Crippen molar-refractivity contribution in [3.8, 4) is 11.3 Å². The summed E-state index contributed by atoms with van der Waals surface area (Å²) in [5.74, 6) is 1.09. The summed E-state index contributed by atoms with van der Waals surface area (Å²) in [7, 11) is 0. The molecule has 0 fully saturated rings. The monoisotopic (exact) mass is 344 g/mol. The minimum absolute atomic E-state index is 0.391. The number of nitrogens with zero attached hydrogens (tertiary/aromatic N) is 5. The van der Waals surface area contributed by atoms with E-state index in [9.17, 15) is 0 Å². The number of rotatable bonds is 4. The topological polar surface area (TPSA) is 60.0 Å². The molecule has 1 N–H and O–H groups in total. The van der Waals surface area contributed by atoms with Crippen molar-refractivity contribution >= 4 is 5.65 Å². The van der Waals surface area contributed by atoms with Crippen LogP contribution >= 0.6 is 0 Å². The maximum Gasteiger partial charge on any atom is 0.138 e. The third kappa shape index (κ3) is 2.68. The number of imidazole rings is 1. The van der Waals surface area contributed by atoms with Crippen molar-refractivity contribution in [1.82, 2.24) is 29.5 Å². The molecule has 6 nitrogen and oxygen atoms in total. The van der Waals surface area contributed by atoms with Crippen LogP contribution < -0.4 is 5.32 Å². The highest BCUT2D eigenvalue weighted by Crippen LogP contribution is 2.24. The highest BCUT2D eigenvalue weighted by atomic mass is 15.3. The van der Waals surface area contributed by atoms with Crippen molar-refractivity contribution in [3.63, 3.8) is 0 Å². The van der Waals surface area contributed by atoms with Crippen molar-refractivity contribution in [2.45, 2.75) is 32.0 Å². The Balaban J connectivity index is 1.45. The van der Waals surface area contributed by atoms with Crippen LogP contribution in [0, 0.1) is 0 Å². The van der Waals surface area contributed by atoms with Gasteiger partial charge < -0.3 is 9.72 Å². The molecule has 1 aliphatic rings. The first kappa shape index (κ1) is 15.3. The second kappa shape index (κ2) is 6.38. The quantitative estimate of drug-likeness (QED) is 0.618. The number of fused-ring (bicyclic) bond motifs is 2. The Morgan fingerprint density at radius 1 is 1.08 bits per heavy atom. The Hall–Kier alpha value is -2.99. The maximum absolute atomic E-state index is 4.87. The van der Waals surface area contributed by atoms with Gasteiger partial charge in [-0.15, -0.1) is 0 Å². The molecule has 130 valence electrons. The van der Waals surface area contributed by atoms with Gasteiger partial charge in [0, 0.05) is 30.8 Å². The van der Waals surface area contributed by atoms with Crippen molar-refractivity contribution in [2.75, 3.05) is 0 Å². The van der Waals surface area contributed by atoms with Crippen LogP contribution in [0.2, 0.25) is 0 Å². The van der Waals surface area contributed by atoms with Crippen LogP contribution in [-0.2, 0) is 19.5 Å². The molecule has 1 aliphatic heterocycles. The van der Waals surface area contributed by atoms with Crippen molar-refractivity contribution < 1.29 is 0 Å². The van der Waals surface area contributed by atoms with Crippen molar-refractivity contribution in [3.05, 3.63) is 72.6 Å². The molecule has 0 saturated carbocycles. The van der Waals surface area contributed by atoms with Crippen LogP contribution in [0.1, 0.15) is 17.9 Å². The van der Waals surface area contributed by atoms with E-state index >= 15 is 0 Å². The summed E-state index contributed by atoms with van der Waals surface area (Å²) < 4.78 is 4.19. The van der Waals surface area contributed by atoms with E-state index in [2.05, 4.69) is 62.4 Å². The smallest absolute Gasteiger partial charge is 0.138 e. The lowest BCUT2D eigenvalue weighted by Gasteiger charge is -2.23. The van der Waals surface area contributed by atoms with E-state index in [1.807, 2.05) is 16.8 Å². The molecule has 3 aromatic heterocycles. The summed E-state index contributed by atoms with van der Waals surface area (Å²) in [5.41, 5.74) is 4.36. The Kier molecular flexibility index (Phi) is 3.75. The van der Waals surface area contributed by atoms with E-state index in [1.165, 1.54) is 5.69 Å². The van der Waals surface area contributed by atoms with Gasteiger partial charge in [0.1, 0.15) is 17.8 Å². The Morgan fingerprint density at radius 2 is 1.96 bits per heavy atom. The maximum atomic E-state index is 4.87. The lowest BCUT2D eigenvalue weighted by molar-refractivity contribution is 0.356. The average Bonchev–Trinajstić information content (AvgIpc) is 3.31. The van der Waals surface area contributed by atoms with Crippen LogP contribution in [0.25, 0.3) is 16.9 Å². The zero-order chi connectivity index (χ0) is 17.3. The fourth-order valence-electron chi connectivity index (χ4n) is 3.69. The standard InChI is InChI=1S/C20H20N6/c1-2-6-15(7-3-1)20-17(25-11-5-4-8-19(25)24-20)12-21-16-9-10-18-22-14-23-26(18)13-16/h1-8,11,14,16,21H,9-10,12-13H2/t16-/m0/s1. The van der Waals surface area contributed by atoms with Crippen LogP contribution in [0.15, 0.2) is 61.1 Å². The molecule has 0 radical (unpaired) electrons. The Labute approximate surface area is 151 Å². The van der Waals surface area contributed by atoms with Crippen LogP contribution in [-0.4, -0.2) is 30.2 Å². The molecular formula is C20H20N6. The van der Waals surface area contributed by atoms with Gasteiger partial charge in [-0.05, 0) is 18.6 Å². The number of nitrogens with one attached hydrogen (secondary N) is 1. The van der Waals surface area contributed by atoms with E-state index in [4.69, 9.17) is 4.98 Å². The minimum atomic E-state index is 0.391. The molecule has 0 unspecified atom stereocenters. The second-order valence-electron chi connectivity index (χ2n) is 6.68. The molecule has 6 heteroatoms. The molecule has 0 bridgehead atoms. The summed E-state index contributed by atoms with van der Waals surface area (Å²) in [5, 5.41) is 8.02. The number of hydrogen-bond donors (Lipinski definition) is 1. The first-order valence-corrected chi connectivity index (χ1v) is 9.00. The molecule has 4 heterocycles. The van der Waals surface area contributed by atoms with Crippen LogP contribution in [0.5, 0.6) is 0 Å². The number of hydrogen-bond acceptors (Lipinski definition) is 4. The summed E-state index contributed by atoms with van der Waals surface area (Å²) >= 11 is 0. The molecule has 4 aromatic rings. The zero-order valence-electron chi connectivity index (χ0n) is 14.4. The number of pyridine rings is 1. The molecule has 1 aromatic carbocycles. The van der Waals surface area contributed by atoms with Gasteiger partial charge in [0.2, 0.25) is 0 Å². The third-order valence-corrected chi connectivity index (χ3v) is 5.04. The molecule has 26 heavy (non-hydrogen) atoms. The number of aromatic nitrogens is 5. The van der Waals surface area contributed by atoms with Gasteiger partial charge in [0.15, 0.2) is 0 Å². The fraction of sp³-hybridized carbons (Fsp3) is 0.250. The normalized spacial score (nSPS) is 16.7. The third-order valence-electron chi connectivity index (χ3n) is 5.04. The minimum Gasteiger partial charge on any atom is -0.306 e. The van der Waals surface area contributed by atoms with Crippen LogP contribution in [0.3, 0.4) is 0 Å². The van der Waals surface area contributed by atoms with Gasteiger partial charge >= 0.3 is 0 Å². The fourth-order valence-corrected chi connectivity index (χ4v) is 3.69. The van der Waals surface area contributed by atoms with E-state index in [-0.39, 0.29) is 0 Å². The lowest BCUT2D eigenvalue weighted by Crippen LogP contribution is -2.37. The Morgan fingerprint density at radius 3 is 2.88 bits per heavy atom. The second-order valence-corrected chi connectivity index (χ2v) is 6.68. The van der Waals surface area contributed by atoms with E-state index in [0.29, 0.717) is 6.04 Å². The average molecular weight is 344 g/mol. The molecule has 0 spiro atoms. The van der Waals surface area contributed by atoms with Crippen molar-refractivity contribution in [2.24, 2.45) is 0 Å². The number of benzene rings is 1. The molecule has 0 aliphatic carbocycles. The van der Waals surface area contributed by atoms with Gasteiger partial charge in [0.05, 0.1) is 17.9 Å². The highest BCUT2D eigenvalue weighted by molar-refractivity contribution is 5.66. The predicted molar refractivity (Wildman–Crippen MR) is 99.6 cm³/mol. The SMILES string of the molecule is c1ccc(-c2nc3ccccn3c2CN[C@H]2CCc3ncnn3C2)cc1. The largest absolute Gasteiger partial charge is 0.306 e. The van der Waals surface area contributed by atoms with Crippen LogP contribution in [0.4, 0.5) is 0 Å². The van der Waals surface area contributed by atoms with E-state index in [1.54, 1.807) is 6.33 Å². The zero-order valence-corrected chi connectivity index (χ0v) is 14.4. The molecule has 0 saturated heterocycles. The molecule has 0 amide bonds. The van der Waals surface area contributed by atoms with E-state index < -0.39 is 0 Å². The van der Waals surface area contributed by atoms with Gasteiger partial charge in [-0.1, -0.05) is 36.4 Å². The summed E-state index contributed by atoms with van der Waals surface area (Å²) in [6, 6.07) is 16.9. The summed E-state index contributed by atoms with van der Waals surface area (Å²) in [6.07, 6.45) is 5.78. The molecule has 1 atom stereocenters. The van der Waals surface area contributed by atoms with Gasteiger partial charge in [0.25, 0.3) is 0 Å². The highest BCUT2D eigenvalue weighted by Gasteiger charge is 2.21. The Bertz CT molecular complexity index is 1030. The van der Waals surface area contributed by atoms with Gasteiger partial charge in [-0.25, -0.2) is 14.6 Å². The molecule has 5 rings (SSSR count). The van der Waals surface area contributed by atoms with Gasteiger partial charge in [-0.2, -0.15) is 5.10 Å². The van der Waals surface area contributed by atoms with E-state index in [0.717, 1.165) is 48.7 Å². The first-order valence-electron chi connectivity index (χ1n) is 9.00. The summed E-state index contributed by atoms with van der Waals surface area (Å²) in [4.78, 5) is 9.18. The first-order chi connectivity index (χ1) is 12.9. The van der Waals surface area contributed by atoms with Gasteiger partial charge in [-0.3, -0.25) is 0 Å². The lowest BCUT2D eigenvalue weighted by atomic mass is 10.1. The summed E-state index contributed by atoms with van der Waals surface area (Å²) in [6.45, 7) is 1.64. The number of aryl methyl sites for hydroxylation is 1. The molecular weight excluding hydrogens is 324 g/mol. The predicted octanol–water partition coefficient (Wildman–Crippen LogP) is 2.70. The van der Waals surface area contributed by atoms with Crippen molar-refractivity contribution in [1.29, 1.82) is 0 Å².